The molecule has 1 aliphatic rings. The summed E-state index contributed by atoms with van der Waals surface area (Å²) in [4.78, 5) is 14.1. The average molecular weight is 331 g/mol. The minimum Gasteiger partial charge on any atom is -0.497 e. The number of aryl methyl sites for hydroxylation is 1. The quantitative estimate of drug-likeness (QED) is 0.925. The van der Waals surface area contributed by atoms with Crippen LogP contribution in [0.4, 0.5) is 10.6 Å². The molecule has 1 aromatic carbocycles. The summed E-state index contributed by atoms with van der Waals surface area (Å²) in [5.74, 6) is 2.26. The summed E-state index contributed by atoms with van der Waals surface area (Å²) in [6.07, 6.45) is 2.54. The van der Waals surface area contributed by atoms with Crippen molar-refractivity contribution < 1.29 is 14.3 Å². The number of carbonyl (C=O) groups is 1. The van der Waals surface area contributed by atoms with E-state index < -0.39 is 0 Å². The summed E-state index contributed by atoms with van der Waals surface area (Å²) in [6.45, 7) is 1.30. The topological polar surface area (TPSA) is 81.5 Å². The van der Waals surface area contributed by atoms with E-state index in [1.165, 1.54) is 0 Å². The van der Waals surface area contributed by atoms with Gasteiger partial charge in [0.2, 0.25) is 0 Å². The number of likely N-dealkylation sites (tertiary alicyclic amines) is 1. The summed E-state index contributed by atoms with van der Waals surface area (Å²) in [5, 5.41) is 10.4. The molecule has 0 spiro atoms. The molecule has 2 aromatic rings. The molecule has 1 unspecified atom stereocenters. The highest BCUT2D eigenvalue weighted by Gasteiger charge is 2.29. The van der Waals surface area contributed by atoms with Gasteiger partial charge in [-0.1, -0.05) is 5.21 Å². The number of anilines is 1. The van der Waals surface area contributed by atoms with Crippen molar-refractivity contribution in [2.24, 2.45) is 7.05 Å². The van der Waals surface area contributed by atoms with Crippen LogP contribution in [0.1, 0.15) is 17.9 Å². The number of amides is 2. The van der Waals surface area contributed by atoms with Crippen molar-refractivity contribution in [3.05, 3.63) is 30.0 Å². The molecule has 2 amide bonds. The summed E-state index contributed by atoms with van der Waals surface area (Å²) < 4.78 is 12.3. The Bertz CT molecular complexity index is 730. The first kappa shape index (κ1) is 16.1. The van der Waals surface area contributed by atoms with Crippen LogP contribution < -0.4 is 14.8 Å². The molecule has 2 heterocycles. The standard InChI is InChI=1S/C16H21N5O3/c1-20-10-15(18-19-20)17-16(22)21-7-6-11(9-21)13-8-12(23-2)4-5-14(13)24-3/h4-5,8,10-11H,6-7,9H2,1-3H3,(H,17,22). The molecular weight excluding hydrogens is 310 g/mol. The number of rotatable bonds is 4. The van der Waals surface area contributed by atoms with Gasteiger partial charge in [-0.3, -0.25) is 10.00 Å². The lowest BCUT2D eigenvalue weighted by Gasteiger charge is -2.18. The van der Waals surface area contributed by atoms with Crippen molar-refractivity contribution in [3.63, 3.8) is 0 Å². The molecule has 1 atom stereocenters. The number of hydrogen-bond donors (Lipinski definition) is 1. The van der Waals surface area contributed by atoms with Crippen molar-refractivity contribution in [2.45, 2.75) is 12.3 Å². The molecule has 0 saturated carbocycles. The maximum absolute atomic E-state index is 12.4. The zero-order valence-electron chi connectivity index (χ0n) is 14.0. The Morgan fingerprint density at radius 2 is 2.17 bits per heavy atom. The fourth-order valence-electron chi connectivity index (χ4n) is 2.95. The van der Waals surface area contributed by atoms with E-state index in [1.807, 2.05) is 18.2 Å². The van der Waals surface area contributed by atoms with E-state index in [-0.39, 0.29) is 11.9 Å². The van der Waals surface area contributed by atoms with Crippen molar-refractivity contribution in [1.29, 1.82) is 0 Å². The molecule has 0 aliphatic carbocycles. The van der Waals surface area contributed by atoms with Crippen molar-refractivity contribution in [2.75, 3.05) is 32.6 Å². The van der Waals surface area contributed by atoms with E-state index in [9.17, 15) is 4.79 Å². The van der Waals surface area contributed by atoms with Gasteiger partial charge in [0.15, 0.2) is 5.82 Å². The Morgan fingerprint density at radius 1 is 1.33 bits per heavy atom. The summed E-state index contributed by atoms with van der Waals surface area (Å²) >= 11 is 0. The minimum atomic E-state index is -0.167. The van der Waals surface area contributed by atoms with E-state index in [4.69, 9.17) is 9.47 Å². The van der Waals surface area contributed by atoms with Gasteiger partial charge in [-0.15, -0.1) is 5.10 Å². The SMILES string of the molecule is COc1ccc(OC)c(C2CCN(C(=O)Nc3cn(C)nn3)C2)c1. The first-order valence-corrected chi connectivity index (χ1v) is 7.75. The number of methoxy groups -OCH3 is 2. The van der Waals surface area contributed by atoms with Gasteiger partial charge in [-0.2, -0.15) is 0 Å². The van der Waals surface area contributed by atoms with Gasteiger partial charge in [0.05, 0.1) is 20.4 Å². The lowest BCUT2D eigenvalue weighted by molar-refractivity contribution is 0.222. The molecule has 3 rings (SSSR count). The van der Waals surface area contributed by atoms with Crippen LogP contribution in [0.25, 0.3) is 0 Å². The van der Waals surface area contributed by atoms with E-state index in [1.54, 1.807) is 37.0 Å². The molecule has 1 fully saturated rings. The fourth-order valence-corrected chi connectivity index (χ4v) is 2.95. The van der Waals surface area contributed by atoms with Crippen LogP contribution in [-0.2, 0) is 7.05 Å². The maximum Gasteiger partial charge on any atom is 0.323 e. The smallest absolute Gasteiger partial charge is 0.323 e. The predicted octanol–water partition coefficient (Wildman–Crippen LogP) is 1.85. The van der Waals surface area contributed by atoms with Gasteiger partial charge in [-0.25, -0.2) is 4.79 Å². The van der Waals surface area contributed by atoms with E-state index in [0.29, 0.717) is 18.9 Å². The van der Waals surface area contributed by atoms with Crippen LogP contribution in [0.3, 0.4) is 0 Å². The molecule has 128 valence electrons. The molecule has 8 heteroatoms. The second-order valence-corrected chi connectivity index (χ2v) is 5.75. The molecule has 0 radical (unpaired) electrons. The lowest BCUT2D eigenvalue weighted by Crippen LogP contribution is -2.32. The lowest BCUT2D eigenvalue weighted by atomic mass is 9.97. The highest BCUT2D eigenvalue weighted by Crippen LogP contribution is 2.36. The van der Waals surface area contributed by atoms with Crippen molar-refractivity contribution in [3.8, 4) is 11.5 Å². The monoisotopic (exact) mass is 331 g/mol. The largest absolute Gasteiger partial charge is 0.497 e. The molecule has 1 N–H and O–H groups in total. The number of ether oxygens (including phenoxy) is 2. The Labute approximate surface area is 140 Å². The Hall–Kier alpha value is -2.77. The number of nitrogens with one attached hydrogen (secondary N) is 1. The number of benzene rings is 1. The van der Waals surface area contributed by atoms with Crippen molar-refractivity contribution in [1.82, 2.24) is 19.9 Å². The molecule has 1 aliphatic heterocycles. The second-order valence-electron chi connectivity index (χ2n) is 5.75. The van der Waals surface area contributed by atoms with Crippen molar-refractivity contribution >= 4 is 11.8 Å². The van der Waals surface area contributed by atoms with Crippen LogP contribution in [0.15, 0.2) is 24.4 Å². The normalized spacial score (nSPS) is 17.0. The average Bonchev–Trinajstić information content (AvgIpc) is 3.23. The number of hydrogen-bond acceptors (Lipinski definition) is 5. The van der Waals surface area contributed by atoms with E-state index in [0.717, 1.165) is 23.5 Å². The highest BCUT2D eigenvalue weighted by atomic mass is 16.5. The number of urea groups is 1. The van der Waals surface area contributed by atoms with Gasteiger partial charge >= 0.3 is 6.03 Å². The van der Waals surface area contributed by atoms with Crippen LogP contribution in [0, 0.1) is 0 Å². The molecule has 24 heavy (non-hydrogen) atoms. The Morgan fingerprint density at radius 3 is 2.83 bits per heavy atom. The van der Waals surface area contributed by atoms with Gasteiger partial charge in [0.1, 0.15) is 11.5 Å². The molecule has 0 bridgehead atoms. The maximum atomic E-state index is 12.4. The molecular formula is C16H21N5O3. The van der Waals surface area contributed by atoms with Gasteiger partial charge in [0, 0.05) is 31.6 Å². The summed E-state index contributed by atoms with van der Waals surface area (Å²) in [5.41, 5.74) is 1.06. The zero-order chi connectivity index (χ0) is 17.1. The summed E-state index contributed by atoms with van der Waals surface area (Å²) in [6, 6.07) is 5.58. The minimum absolute atomic E-state index is 0.167. The third-order valence-corrected chi connectivity index (χ3v) is 4.19. The second kappa shape index (κ2) is 6.77. The number of aromatic nitrogens is 3. The van der Waals surface area contributed by atoms with Crippen LogP contribution in [0.5, 0.6) is 11.5 Å². The Kier molecular flexibility index (Phi) is 4.54. The summed E-state index contributed by atoms with van der Waals surface area (Å²) in [7, 11) is 5.04. The zero-order valence-corrected chi connectivity index (χ0v) is 14.0. The fraction of sp³-hybridized carbons (Fsp3) is 0.438. The van der Waals surface area contributed by atoms with Crippen LogP contribution >= 0.6 is 0 Å². The van der Waals surface area contributed by atoms with Gasteiger partial charge in [-0.05, 0) is 24.6 Å². The van der Waals surface area contributed by atoms with Gasteiger partial charge < -0.3 is 14.4 Å². The molecule has 1 aromatic heterocycles. The van der Waals surface area contributed by atoms with E-state index in [2.05, 4.69) is 15.6 Å². The Balaban J connectivity index is 1.69. The number of nitrogens with zero attached hydrogens (tertiary/aromatic N) is 4. The highest BCUT2D eigenvalue weighted by molar-refractivity contribution is 5.88. The number of carbonyl (C=O) groups excluding carboxylic acids is 1. The van der Waals surface area contributed by atoms with Crippen LogP contribution in [-0.4, -0.2) is 53.2 Å². The first-order chi connectivity index (χ1) is 11.6. The first-order valence-electron chi connectivity index (χ1n) is 7.75. The predicted molar refractivity (Wildman–Crippen MR) is 88.5 cm³/mol. The third kappa shape index (κ3) is 3.27. The third-order valence-electron chi connectivity index (χ3n) is 4.19. The van der Waals surface area contributed by atoms with E-state index >= 15 is 0 Å². The molecule has 1 saturated heterocycles. The van der Waals surface area contributed by atoms with Gasteiger partial charge in [0.25, 0.3) is 0 Å². The van der Waals surface area contributed by atoms with Crippen LogP contribution in [0.2, 0.25) is 0 Å². The molecule has 8 nitrogen and oxygen atoms in total.